The van der Waals surface area contributed by atoms with Gasteiger partial charge in [-0.3, -0.25) is 0 Å². The highest BCUT2D eigenvalue weighted by atomic mass is 19.1. The maximum Gasteiger partial charge on any atom is 0.316 e. The van der Waals surface area contributed by atoms with Crippen molar-refractivity contribution >= 4 is 0 Å². The standard InChI is InChI=1S/C8H11FN2O/c1-5(2)7-6(9)4-10-8(11-7)12-3/h4-5H,1-3H3. The molecule has 0 spiro atoms. The van der Waals surface area contributed by atoms with Crippen LogP contribution < -0.4 is 4.74 Å². The summed E-state index contributed by atoms with van der Waals surface area (Å²) in [6, 6.07) is 0.208. The largest absolute Gasteiger partial charge is 0.467 e. The fourth-order valence-corrected chi connectivity index (χ4v) is 0.867. The molecule has 0 bridgehead atoms. The molecule has 1 heterocycles. The van der Waals surface area contributed by atoms with Crippen molar-refractivity contribution in [3.8, 4) is 6.01 Å². The Hall–Kier alpha value is -1.19. The van der Waals surface area contributed by atoms with E-state index < -0.39 is 0 Å². The highest BCUT2D eigenvalue weighted by molar-refractivity contribution is 5.11. The summed E-state index contributed by atoms with van der Waals surface area (Å²) in [4.78, 5) is 7.51. The summed E-state index contributed by atoms with van der Waals surface area (Å²) in [6.07, 6.45) is 1.13. The molecule has 0 fully saturated rings. The van der Waals surface area contributed by atoms with Gasteiger partial charge in [0.05, 0.1) is 19.0 Å². The number of nitrogens with zero attached hydrogens (tertiary/aromatic N) is 2. The summed E-state index contributed by atoms with van der Waals surface area (Å²) in [6.45, 7) is 3.73. The topological polar surface area (TPSA) is 35.0 Å². The van der Waals surface area contributed by atoms with Crippen molar-refractivity contribution in [3.63, 3.8) is 0 Å². The van der Waals surface area contributed by atoms with Crippen LogP contribution in [0.5, 0.6) is 6.01 Å². The van der Waals surface area contributed by atoms with E-state index in [-0.39, 0.29) is 17.7 Å². The molecule has 4 heteroatoms. The number of hydrogen-bond donors (Lipinski definition) is 0. The third-order valence-electron chi connectivity index (χ3n) is 1.48. The number of rotatable bonds is 2. The minimum atomic E-state index is -0.384. The first-order valence-electron chi connectivity index (χ1n) is 3.71. The molecule has 0 radical (unpaired) electrons. The lowest BCUT2D eigenvalue weighted by Crippen LogP contribution is -2.01. The maximum absolute atomic E-state index is 13.0. The van der Waals surface area contributed by atoms with E-state index in [9.17, 15) is 4.39 Å². The van der Waals surface area contributed by atoms with Crippen LogP contribution in [-0.4, -0.2) is 17.1 Å². The van der Waals surface area contributed by atoms with Gasteiger partial charge >= 0.3 is 6.01 Å². The predicted octanol–water partition coefficient (Wildman–Crippen LogP) is 1.75. The fourth-order valence-electron chi connectivity index (χ4n) is 0.867. The van der Waals surface area contributed by atoms with Crippen molar-refractivity contribution < 1.29 is 9.13 Å². The monoisotopic (exact) mass is 170 g/mol. The lowest BCUT2D eigenvalue weighted by Gasteiger charge is -2.05. The Kier molecular flexibility index (Phi) is 2.58. The van der Waals surface area contributed by atoms with Gasteiger partial charge in [0, 0.05) is 0 Å². The van der Waals surface area contributed by atoms with E-state index in [1.165, 1.54) is 7.11 Å². The van der Waals surface area contributed by atoms with Crippen LogP contribution in [0.4, 0.5) is 4.39 Å². The highest BCUT2D eigenvalue weighted by Crippen LogP contribution is 2.16. The molecule has 1 aromatic rings. The van der Waals surface area contributed by atoms with Gasteiger partial charge in [-0.25, -0.2) is 9.37 Å². The van der Waals surface area contributed by atoms with Crippen molar-refractivity contribution in [1.82, 2.24) is 9.97 Å². The number of aromatic nitrogens is 2. The Bertz CT molecular complexity index is 276. The first kappa shape index (κ1) is 8.90. The normalized spacial score (nSPS) is 10.4. The maximum atomic E-state index is 13.0. The van der Waals surface area contributed by atoms with Gasteiger partial charge in [-0.1, -0.05) is 13.8 Å². The molecule has 0 aliphatic rings. The third-order valence-corrected chi connectivity index (χ3v) is 1.48. The molecule has 12 heavy (non-hydrogen) atoms. The molecule has 0 atom stereocenters. The average Bonchev–Trinajstić information content (AvgIpc) is 2.05. The Balaban J connectivity index is 3.08. The van der Waals surface area contributed by atoms with Crippen molar-refractivity contribution in [2.24, 2.45) is 0 Å². The van der Waals surface area contributed by atoms with E-state index in [4.69, 9.17) is 4.74 Å². The van der Waals surface area contributed by atoms with E-state index >= 15 is 0 Å². The third kappa shape index (κ3) is 1.69. The van der Waals surface area contributed by atoms with Crippen LogP contribution in [0, 0.1) is 5.82 Å². The molecular weight excluding hydrogens is 159 g/mol. The van der Waals surface area contributed by atoms with Crippen LogP contribution >= 0.6 is 0 Å². The van der Waals surface area contributed by atoms with E-state index in [2.05, 4.69) is 9.97 Å². The zero-order valence-electron chi connectivity index (χ0n) is 7.34. The van der Waals surface area contributed by atoms with Gasteiger partial charge in [0.1, 0.15) is 0 Å². The molecule has 3 nitrogen and oxygen atoms in total. The molecule has 0 unspecified atom stereocenters. The number of hydrogen-bond acceptors (Lipinski definition) is 3. The molecular formula is C8H11FN2O. The van der Waals surface area contributed by atoms with E-state index in [1.807, 2.05) is 13.8 Å². The smallest absolute Gasteiger partial charge is 0.316 e. The van der Waals surface area contributed by atoms with Crippen molar-refractivity contribution in [2.75, 3.05) is 7.11 Å². The first-order chi connectivity index (χ1) is 5.65. The molecule has 66 valence electrons. The van der Waals surface area contributed by atoms with Gasteiger partial charge < -0.3 is 4.74 Å². The quantitative estimate of drug-likeness (QED) is 0.678. The second kappa shape index (κ2) is 3.47. The van der Waals surface area contributed by atoms with Gasteiger partial charge in [-0.15, -0.1) is 0 Å². The number of halogens is 1. The molecule has 0 amide bonds. The summed E-state index contributed by atoms with van der Waals surface area (Å²) in [7, 11) is 1.46. The van der Waals surface area contributed by atoms with Crippen LogP contribution in [0.3, 0.4) is 0 Å². The minimum absolute atomic E-state index is 0.0434. The molecule has 0 aromatic carbocycles. The molecule has 1 rings (SSSR count). The van der Waals surface area contributed by atoms with Crippen molar-refractivity contribution in [2.45, 2.75) is 19.8 Å². The van der Waals surface area contributed by atoms with Gasteiger partial charge in [0.25, 0.3) is 0 Å². The summed E-state index contributed by atoms with van der Waals surface area (Å²) < 4.78 is 17.7. The Morgan fingerprint density at radius 2 is 2.17 bits per heavy atom. The van der Waals surface area contributed by atoms with Crippen LogP contribution in [0.25, 0.3) is 0 Å². The van der Waals surface area contributed by atoms with Crippen LogP contribution in [0.2, 0.25) is 0 Å². The Labute approximate surface area is 70.6 Å². The van der Waals surface area contributed by atoms with Crippen molar-refractivity contribution in [1.29, 1.82) is 0 Å². The van der Waals surface area contributed by atoms with Gasteiger partial charge in [-0.2, -0.15) is 4.98 Å². The molecule has 0 aliphatic heterocycles. The molecule has 1 aromatic heterocycles. The fraction of sp³-hybridized carbons (Fsp3) is 0.500. The lowest BCUT2D eigenvalue weighted by atomic mass is 10.1. The Morgan fingerprint density at radius 1 is 1.50 bits per heavy atom. The Morgan fingerprint density at radius 3 is 2.67 bits per heavy atom. The number of ether oxygens (including phenoxy) is 1. The molecule has 0 aliphatic carbocycles. The zero-order valence-corrected chi connectivity index (χ0v) is 7.34. The summed E-state index contributed by atoms with van der Waals surface area (Å²) in [5.41, 5.74) is 0.391. The second-order valence-electron chi connectivity index (χ2n) is 2.74. The SMILES string of the molecule is COc1ncc(F)c(C(C)C)n1. The average molecular weight is 170 g/mol. The summed E-state index contributed by atoms with van der Waals surface area (Å²) in [5, 5.41) is 0. The van der Waals surface area contributed by atoms with Gasteiger partial charge in [0.15, 0.2) is 5.82 Å². The van der Waals surface area contributed by atoms with Crippen LogP contribution in [-0.2, 0) is 0 Å². The summed E-state index contributed by atoms with van der Waals surface area (Å²) >= 11 is 0. The van der Waals surface area contributed by atoms with Gasteiger partial charge in [0.2, 0.25) is 0 Å². The van der Waals surface area contributed by atoms with E-state index in [0.717, 1.165) is 6.20 Å². The predicted molar refractivity (Wildman–Crippen MR) is 42.6 cm³/mol. The number of methoxy groups -OCH3 is 1. The second-order valence-corrected chi connectivity index (χ2v) is 2.74. The van der Waals surface area contributed by atoms with E-state index in [0.29, 0.717) is 5.69 Å². The molecule has 0 saturated carbocycles. The van der Waals surface area contributed by atoms with Crippen LogP contribution in [0.1, 0.15) is 25.5 Å². The first-order valence-corrected chi connectivity index (χ1v) is 3.71. The van der Waals surface area contributed by atoms with Gasteiger partial charge in [-0.05, 0) is 5.92 Å². The van der Waals surface area contributed by atoms with Crippen LogP contribution in [0.15, 0.2) is 6.20 Å². The van der Waals surface area contributed by atoms with E-state index in [1.54, 1.807) is 0 Å². The molecule has 0 saturated heterocycles. The minimum Gasteiger partial charge on any atom is -0.467 e. The van der Waals surface area contributed by atoms with Crippen molar-refractivity contribution in [3.05, 3.63) is 17.7 Å². The molecule has 0 N–H and O–H groups in total. The highest BCUT2D eigenvalue weighted by Gasteiger charge is 2.10. The summed E-state index contributed by atoms with van der Waals surface area (Å²) in [5.74, 6) is -0.340. The lowest BCUT2D eigenvalue weighted by molar-refractivity contribution is 0.372. The zero-order chi connectivity index (χ0) is 9.14.